The standard InChI is InChI=1S/C19H21N3O/c1-13-3-7-16(8-4-13)14(2)22-19(23)10-6-15-5-9-17-18(11-15)21-12-20-17/h3-5,7-9,11-12,14H,6,10H2,1-2H3,(H,20,21)(H,22,23)/t14-/m0/s1. The van der Waals surface area contributed by atoms with Gasteiger partial charge in [-0.3, -0.25) is 4.79 Å². The van der Waals surface area contributed by atoms with Crippen molar-refractivity contribution >= 4 is 16.9 Å². The van der Waals surface area contributed by atoms with Crippen molar-refractivity contribution in [2.45, 2.75) is 32.7 Å². The summed E-state index contributed by atoms with van der Waals surface area (Å²) in [5, 5.41) is 3.06. The molecule has 4 heteroatoms. The van der Waals surface area contributed by atoms with Crippen LogP contribution in [-0.4, -0.2) is 15.9 Å². The van der Waals surface area contributed by atoms with Crippen LogP contribution in [-0.2, 0) is 11.2 Å². The lowest BCUT2D eigenvalue weighted by Gasteiger charge is -2.14. The number of fused-ring (bicyclic) bond motifs is 1. The van der Waals surface area contributed by atoms with E-state index < -0.39 is 0 Å². The largest absolute Gasteiger partial charge is 0.350 e. The van der Waals surface area contributed by atoms with Crippen LogP contribution in [0.15, 0.2) is 48.8 Å². The molecule has 0 saturated heterocycles. The lowest BCUT2D eigenvalue weighted by molar-refractivity contribution is -0.121. The molecule has 4 nitrogen and oxygen atoms in total. The van der Waals surface area contributed by atoms with E-state index in [2.05, 4.69) is 52.5 Å². The van der Waals surface area contributed by atoms with E-state index in [1.165, 1.54) is 5.56 Å². The Hall–Kier alpha value is -2.62. The van der Waals surface area contributed by atoms with Gasteiger partial charge in [0.15, 0.2) is 0 Å². The highest BCUT2D eigenvalue weighted by atomic mass is 16.1. The Morgan fingerprint density at radius 1 is 1.22 bits per heavy atom. The molecule has 0 aliphatic heterocycles. The fourth-order valence-electron chi connectivity index (χ4n) is 2.65. The van der Waals surface area contributed by atoms with Crippen molar-refractivity contribution in [2.24, 2.45) is 0 Å². The molecule has 0 fully saturated rings. The highest BCUT2D eigenvalue weighted by Gasteiger charge is 2.09. The second kappa shape index (κ2) is 6.65. The third kappa shape index (κ3) is 3.77. The van der Waals surface area contributed by atoms with Gasteiger partial charge in [-0.15, -0.1) is 0 Å². The average molecular weight is 307 g/mol. The smallest absolute Gasteiger partial charge is 0.220 e. The number of rotatable bonds is 5. The summed E-state index contributed by atoms with van der Waals surface area (Å²) in [4.78, 5) is 19.4. The molecule has 2 aromatic carbocycles. The predicted octanol–water partition coefficient (Wildman–Crippen LogP) is 3.68. The number of amides is 1. The minimum absolute atomic E-state index is 0.0261. The van der Waals surface area contributed by atoms with Crippen molar-refractivity contribution in [3.05, 3.63) is 65.5 Å². The maximum atomic E-state index is 12.1. The molecule has 1 atom stereocenters. The SMILES string of the molecule is Cc1ccc([C@H](C)NC(=O)CCc2ccc3nc[nH]c3c2)cc1. The van der Waals surface area contributed by atoms with E-state index in [0.717, 1.165) is 28.6 Å². The van der Waals surface area contributed by atoms with Crippen molar-refractivity contribution in [3.63, 3.8) is 0 Å². The molecular weight excluding hydrogens is 286 g/mol. The summed E-state index contributed by atoms with van der Waals surface area (Å²) in [7, 11) is 0. The zero-order valence-corrected chi connectivity index (χ0v) is 13.5. The molecule has 1 amide bonds. The zero-order chi connectivity index (χ0) is 16.2. The number of aromatic amines is 1. The number of aryl methyl sites for hydroxylation is 2. The summed E-state index contributed by atoms with van der Waals surface area (Å²) < 4.78 is 0. The van der Waals surface area contributed by atoms with Crippen molar-refractivity contribution in [1.82, 2.24) is 15.3 Å². The van der Waals surface area contributed by atoms with Gasteiger partial charge in [0.05, 0.1) is 23.4 Å². The van der Waals surface area contributed by atoms with E-state index in [1.807, 2.05) is 19.1 Å². The van der Waals surface area contributed by atoms with Crippen LogP contribution in [0.2, 0.25) is 0 Å². The Bertz CT molecular complexity index is 805. The molecule has 1 heterocycles. The number of nitrogens with zero attached hydrogens (tertiary/aromatic N) is 1. The molecule has 118 valence electrons. The number of aromatic nitrogens is 2. The average Bonchev–Trinajstić information content (AvgIpc) is 3.01. The first-order valence-corrected chi connectivity index (χ1v) is 7.90. The second-order valence-electron chi connectivity index (χ2n) is 5.95. The van der Waals surface area contributed by atoms with Crippen LogP contribution in [0.5, 0.6) is 0 Å². The second-order valence-corrected chi connectivity index (χ2v) is 5.95. The van der Waals surface area contributed by atoms with Crippen molar-refractivity contribution in [1.29, 1.82) is 0 Å². The first-order valence-electron chi connectivity index (χ1n) is 7.90. The molecule has 0 unspecified atom stereocenters. The van der Waals surface area contributed by atoms with Crippen LogP contribution in [0.25, 0.3) is 11.0 Å². The van der Waals surface area contributed by atoms with Crippen molar-refractivity contribution in [2.75, 3.05) is 0 Å². The zero-order valence-electron chi connectivity index (χ0n) is 13.5. The molecule has 2 N–H and O–H groups in total. The molecule has 0 spiro atoms. The summed E-state index contributed by atoms with van der Waals surface area (Å²) >= 11 is 0. The van der Waals surface area contributed by atoms with E-state index in [1.54, 1.807) is 6.33 Å². The molecule has 0 radical (unpaired) electrons. The first-order chi connectivity index (χ1) is 11.1. The molecular formula is C19H21N3O. The molecule has 0 aliphatic rings. The lowest BCUT2D eigenvalue weighted by Crippen LogP contribution is -2.26. The van der Waals surface area contributed by atoms with Gasteiger partial charge < -0.3 is 10.3 Å². The van der Waals surface area contributed by atoms with E-state index in [4.69, 9.17) is 0 Å². The Morgan fingerprint density at radius 3 is 2.78 bits per heavy atom. The topological polar surface area (TPSA) is 57.8 Å². The van der Waals surface area contributed by atoms with E-state index in [9.17, 15) is 4.79 Å². The molecule has 3 aromatic rings. The summed E-state index contributed by atoms with van der Waals surface area (Å²) in [5.41, 5.74) is 5.45. The summed E-state index contributed by atoms with van der Waals surface area (Å²) in [6, 6.07) is 14.3. The van der Waals surface area contributed by atoms with Crippen LogP contribution in [0.4, 0.5) is 0 Å². The highest BCUT2D eigenvalue weighted by molar-refractivity contribution is 5.78. The number of hydrogen-bond donors (Lipinski definition) is 2. The summed E-state index contributed by atoms with van der Waals surface area (Å²) in [6.45, 7) is 4.07. The minimum atomic E-state index is 0.0261. The lowest BCUT2D eigenvalue weighted by atomic mass is 10.1. The van der Waals surface area contributed by atoms with Gasteiger partial charge in [0.2, 0.25) is 5.91 Å². The monoisotopic (exact) mass is 307 g/mol. The summed E-state index contributed by atoms with van der Waals surface area (Å²) in [5.74, 6) is 0.0720. The third-order valence-corrected chi connectivity index (χ3v) is 4.08. The quantitative estimate of drug-likeness (QED) is 0.755. The van der Waals surface area contributed by atoms with Crippen LogP contribution >= 0.6 is 0 Å². The van der Waals surface area contributed by atoms with Crippen molar-refractivity contribution in [3.8, 4) is 0 Å². The molecule has 0 aliphatic carbocycles. The Labute approximate surface area is 136 Å². The molecule has 1 aromatic heterocycles. The summed E-state index contributed by atoms with van der Waals surface area (Å²) in [6.07, 6.45) is 2.89. The Balaban J connectivity index is 1.55. The van der Waals surface area contributed by atoms with Crippen LogP contribution < -0.4 is 5.32 Å². The number of hydrogen-bond acceptors (Lipinski definition) is 2. The van der Waals surface area contributed by atoms with E-state index >= 15 is 0 Å². The normalized spacial score (nSPS) is 12.3. The van der Waals surface area contributed by atoms with Gasteiger partial charge in [0.25, 0.3) is 0 Å². The number of benzene rings is 2. The number of nitrogens with one attached hydrogen (secondary N) is 2. The van der Waals surface area contributed by atoms with Crippen molar-refractivity contribution < 1.29 is 4.79 Å². The first kappa shape index (κ1) is 15.3. The number of carbonyl (C=O) groups is 1. The fraction of sp³-hybridized carbons (Fsp3) is 0.263. The maximum absolute atomic E-state index is 12.1. The Kier molecular flexibility index (Phi) is 4.42. The van der Waals surface area contributed by atoms with Crippen LogP contribution in [0.1, 0.15) is 36.1 Å². The predicted molar refractivity (Wildman–Crippen MR) is 92.2 cm³/mol. The van der Waals surface area contributed by atoms with E-state index in [0.29, 0.717) is 6.42 Å². The van der Waals surface area contributed by atoms with Gasteiger partial charge in [-0.05, 0) is 43.5 Å². The molecule has 3 rings (SSSR count). The molecule has 0 saturated carbocycles. The van der Waals surface area contributed by atoms with E-state index in [-0.39, 0.29) is 11.9 Å². The third-order valence-electron chi connectivity index (χ3n) is 4.08. The van der Waals surface area contributed by atoms with Gasteiger partial charge in [-0.2, -0.15) is 0 Å². The minimum Gasteiger partial charge on any atom is -0.350 e. The van der Waals surface area contributed by atoms with Gasteiger partial charge >= 0.3 is 0 Å². The number of H-pyrrole nitrogens is 1. The van der Waals surface area contributed by atoms with Gasteiger partial charge in [0, 0.05) is 6.42 Å². The number of carbonyl (C=O) groups excluding carboxylic acids is 1. The van der Waals surface area contributed by atoms with Gasteiger partial charge in [0.1, 0.15) is 0 Å². The fourth-order valence-corrected chi connectivity index (χ4v) is 2.65. The van der Waals surface area contributed by atoms with Crippen LogP contribution in [0, 0.1) is 6.92 Å². The number of imidazole rings is 1. The van der Waals surface area contributed by atoms with Crippen LogP contribution in [0.3, 0.4) is 0 Å². The molecule has 0 bridgehead atoms. The maximum Gasteiger partial charge on any atom is 0.220 e. The molecule has 23 heavy (non-hydrogen) atoms. The van der Waals surface area contributed by atoms with Gasteiger partial charge in [-0.1, -0.05) is 35.9 Å². The highest BCUT2D eigenvalue weighted by Crippen LogP contribution is 2.15. The van der Waals surface area contributed by atoms with Gasteiger partial charge in [-0.25, -0.2) is 4.98 Å². The Morgan fingerprint density at radius 2 is 2.00 bits per heavy atom.